The van der Waals surface area contributed by atoms with E-state index in [0.29, 0.717) is 0 Å². The van der Waals surface area contributed by atoms with Crippen LogP contribution in [0.2, 0.25) is 0 Å². The molecule has 9 heteroatoms. The molecule has 9 nitrogen and oxygen atoms in total. The fraction of sp³-hybridized carbons (Fsp3) is 0.733. The highest BCUT2D eigenvalue weighted by molar-refractivity contribution is 5.73. The van der Waals surface area contributed by atoms with Gasteiger partial charge in [0.15, 0.2) is 6.10 Å². The van der Waals surface area contributed by atoms with Crippen LogP contribution >= 0.6 is 0 Å². The summed E-state index contributed by atoms with van der Waals surface area (Å²) in [6.45, 7) is 4.55. The van der Waals surface area contributed by atoms with E-state index in [-0.39, 0.29) is 0 Å². The van der Waals surface area contributed by atoms with E-state index in [0.717, 1.165) is 13.8 Å². The third-order valence-electron chi connectivity index (χ3n) is 2.85. The van der Waals surface area contributed by atoms with Gasteiger partial charge in [-0.1, -0.05) is 0 Å². The fourth-order valence-electron chi connectivity index (χ4n) is 2.05. The Morgan fingerprint density at radius 3 is 1.92 bits per heavy atom. The molecule has 0 radical (unpaired) electrons. The van der Waals surface area contributed by atoms with Crippen LogP contribution in [0, 0.1) is 0 Å². The van der Waals surface area contributed by atoms with Crippen LogP contribution in [0.15, 0.2) is 0 Å². The summed E-state index contributed by atoms with van der Waals surface area (Å²) in [7, 11) is 1.26. The number of hydrogen-bond acceptors (Lipinski definition) is 8. The van der Waals surface area contributed by atoms with Crippen molar-refractivity contribution in [2.75, 3.05) is 13.7 Å². The minimum absolute atomic E-state index is 0.457. The Balaban J connectivity index is 5.70. The van der Waals surface area contributed by atoms with Crippen molar-refractivity contribution in [2.24, 2.45) is 0 Å². The maximum absolute atomic E-state index is 11.5. The summed E-state index contributed by atoms with van der Waals surface area (Å²) >= 11 is 0. The zero-order chi connectivity index (χ0) is 19.7. The highest BCUT2D eigenvalue weighted by Crippen LogP contribution is 2.15. The molecule has 0 saturated carbocycles. The second-order valence-electron chi connectivity index (χ2n) is 5.06. The van der Waals surface area contributed by atoms with Crippen molar-refractivity contribution in [2.45, 2.75) is 59.0 Å². The zero-order valence-electron chi connectivity index (χ0n) is 15.7. The number of methoxy groups -OCH3 is 1. The number of ether oxygens (including phenoxy) is 4. The van der Waals surface area contributed by atoms with E-state index in [1.807, 2.05) is 0 Å². The van der Waals surface area contributed by atoms with Crippen molar-refractivity contribution in [3.05, 3.63) is 0 Å². The Morgan fingerprint density at radius 1 is 1.00 bits per heavy atom. The van der Waals surface area contributed by atoms with Crippen LogP contribution in [0.1, 0.15) is 36.0 Å². The summed E-state index contributed by atoms with van der Waals surface area (Å²) in [5.74, 6) is -2.54. The average molecular weight is 348 g/mol. The van der Waals surface area contributed by atoms with Gasteiger partial charge in [0.2, 0.25) is 5.91 Å². The standard InChI is InChI=1S/C15H25NO8/c1-8(23-11(4)19)14(16-9(2)17)15(21-6)13(24-12(5)20)7-22-10(3)18/h8,13-15H,7H2,1-6H3,(H,16,17)/i7D. The van der Waals surface area contributed by atoms with Gasteiger partial charge >= 0.3 is 17.9 Å². The molecule has 0 spiro atoms. The number of esters is 3. The molecule has 0 fully saturated rings. The van der Waals surface area contributed by atoms with Crippen LogP contribution in [0.3, 0.4) is 0 Å². The predicted molar refractivity (Wildman–Crippen MR) is 81.8 cm³/mol. The maximum atomic E-state index is 11.5. The lowest BCUT2D eigenvalue weighted by Crippen LogP contribution is -2.57. The summed E-state index contributed by atoms with van der Waals surface area (Å²) in [4.78, 5) is 45.2. The molecule has 5 unspecified atom stereocenters. The molecule has 0 aromatic heterocycles. The summed E-state index contributed by atoms with van der Waals surface area (Å²) < 4.78 is 28.1. The molecule has 24 heavy (non-hydrogen) atoms. The topological polar surface area (TPSA) is 117 Å². The van der Waals surface area contributed by atoms with Gasteiger partial charge in [-0.15, -0.1) is 0 Å². The SMILES string of the molecule is [2H]C(OC(C)=O)C(OC(C)=O)C(OC)C(NC(C)=O)C(C)OC(C)=O. The molecule has 5 atom stereocenters. The second kappa shape index (κ2) is 10.6. The quantitative estimate of drug-likeness (QED) is 0.455. The van der Waals surface area contributed by atoms with Gasteiger partial charge in [-0.25, -0.2) is 0 Å². The van der Waals surface area contributed by atoms with Gasteiger partial charge in [0.1, 0.15) is 18.8 Å². The van der Waals surface area contributed by atoms with Crippen LogP contribution in [0.25, 0.3) is 0 Å². The van der Waals surface area contributed by atoms with Crippen molar-refractivity contribution in [1.82, 2.24) is 5.32 Å². The van der Waals surface area contributed by atoms with Crippen LogP contribution in [0.4, 0.5) is 0 Å². The number of nitrogens with one attached hydrogen (secondary N) is 1. The molecular weight excluding hydrogens is 322 g/mol. The molecule has 1 amide bonds. The van der Waals surface area contributed by atoms with Gasteiger partial charge in [0.05, 0.1) is 7.41 Å². The van der Waals surface area contributed by atoms with Gasteiger partial charge in [0, 0.05) is 34.8 Å². The molecule has 0 aromatic carbocycles. The summed E-state index contributed by atoms with van der Waals surface area (Å²) in [5, 5.41) is 2.54. The van der Waals surface area contributed by atoms with Crippen LogP contribution in [0.5, 0.6) is 0 Å². The summed E-state index contributed by atoms with van der Waals surface area (Å²) in [6, 6.07) is -0.959. The van der Waals surface area contributed by atoms with Crippen molar-refractivity contribution >= 4 is 23.8 Å². The Kier molecular flexibility index (Phi) is 8.77. The van der Waals surface area contributed by atoms with Gasteiger partial charge in [0.25, 0.3) is 0 Å². The van der Waals surface area contributed by atoms with Gasteiger partial charge in [-0.3, -0.25) is 19.2 Å². The maximum Gasteiger partial charge on any atom is 0.303 e. The normalized spacial score (nSPS) is 17.3. The third kappa shape index (κ3) is 8.47. The molecule has 0 bridgehead atoms. The number of rotatable bonds is 9. The highest BCUT2D eigenvalue weighted by atomic mass is 16.6. The van der Waals surface area contributed by atoms with Gasteiger partial charge in [-0.05, 0) is 6.92 Å². The molecule has 0 saturated heterocycles. The fourth-order valence-corrected chi connectivity index (χ4v) is 2.05. The lowest BCUT2D eigenvalue weighted by molar-refractivity contribution is -0.171. The molecule has 0 aliphatic rings. The monoisotopic (exact) mass is 348 g/mol. The van der Waals surface area contributed by atoms with Crippen LogP contribution in [-0.4, -0.2) is 61.9 Å². The Morgan fingerprint density at radius 2 is 1.54 bits per heavy atom. The van der Waals surface area contributed by atoms with E-state index in [2.05, 4.69) is 5.32 Å². The first kappa shape index (κ1) is 19.9. The Bertz CT molecular complexity index is 456. The van der Waals surface area contributed by atoms with Crippen LogP contribution < -0.4 is 5.32 Å². The lowest BCUT2D eigenvalue weighted by Gasteiger charge is -2.34. The number of amides is 1. The number of hydrogen-bond donors (Lipinski definition) is 1. The molecular formula is C15H25NO8. The van der Waals surface area contributed by atoms with Crippen molar-refractivity contribution in [3.8, 4) is 0 Å². The molecule has 0 heterocycles. The largest absolute Gasteiger partial charge is 0.462 e. The van der Waals surface area contributed by atoms with Crippen molar-refractivity contribution < 1.29 is 39.5 Å². The molecule has 138 valence electrons. The van der Waals surface area contributed by atoms with Crippen LogP contribution in [-0.2, 0) is 38.1 Å². The second-order valence-corrected chi connectivity index (χ2v) is 5.06. The summed E-state index contributed by atoms with van der Waals surface area (Å²) in [6.07, 6.45) is -3.35. The van der Waals surface area contributed by atoms with Gasteiger partial charge < -0.3 is 24.3 Å². The third-order valence-corrected chi connectivity index (χ3v) is 2.85. The average Bonchev–Trinajstić information content (AvgIpc) is 2.43. The van der Waals surface area contributed by atoms with Crippen molar-refractivity contribution in [3.63, 3.8) is 0 Å². The van der Waals surface area contributed by atoms with E-state index in [1.54, 1.807) is 0 Å². The van der Waals surface area contributed by atoms with E-state index in [9.17, 15) is 19.2 Å². The van der Waals surface area contributed by atoms with E-state index < -0.39 is 54.8 Å². The molecule has 1 N–H and O–H groups in total. The first-order chi connectivity index (χ1) is 11.5. The Hall–Kier alpha value is -2.16. The molecule has 0 aliphatic heterocycles. The van der Waals surface area contributed by atoms with E-state index >= 15 is 0 Å². The van der Waals surface area contributed by atoms with Gasteiger partial charge in [-0.2, -0.15) is 0 Å². The number of carbonyl (C=O) groups excluding carboxylic acids is 4. The lowest BCUT2D eigenvalue weighted by atomic mass is 10.0. The molecule has 0 aromatic rings. The minimum Gasteiger partial charge on any atom is -0.462 e. The molecule has 0 rings (SSSR count). The first-order valence-electron chi connectivity index (χ1n) is 7.81. The first-order valence-corrected chi connectivity index (χ1v) is 7.23. The minimum atomic E-state index is -1.60. The van der Waals surface area contributed by atoms with E-state index in [4.69, 9.17) is 20.3 Å². The van der Waals surface area contributed by atoms with Crippen molar-refractivity contribution in [1.29, 1.82) is 0 Å². The molecule has 0 aliphatic carbocycles. The highest BCUT2D eigenvalue weighted by Gasteiger charge is 2.38. The summed E-state index contributed by atoms with van der Waals surface area (Å²) in [5.41, 5.74) is 0. The predicted octanol–water partition coefficient (Wildman–Crippen LogP) is -0.0475. The number of carbonyl (C=O) groups is 4. The smallest absolute Gasteiger partial charge is 0.303 e. The zero-order valence-corrected chi connectivity index (χ0v) is 14.7. The van der Waals surface area contributed by atoms with E-state index in [1.165, 1.54) is 27.9 Å². The Labute approximate surface area is 142 Å².